The van der Waals surface area contributed by atoms with Gasteiger partial charge in [-0.3, -0.25) is 9.98 Å². The zero-order chi connectivity index (χ0) is 17.6. The molecule has 1 N–H and O–H groups in total. The van der Waals surface area contributed by atoms with Crippen LogP contribution in [0, 0.1) is 27.3 Å². The van der Waals surface area contributed by atoms with Gasteiger partial charge in [0.1, 0.15) is 10.7 Å². The predicted octanol–water partition coefficient (Wildman–Crippen LogP) is 4.82. The van der Waals surface area contributed by atoms with Gasteiger partial charge in [-0.25, -0.2) is 4.85 Å². The summed E-state index contributed by atoms with van der Waals surface area (Å²) in [7, 11) is 0. The Morgan fingerprint density at radius 2 is 1.96 bits per heavy atom. The van der Waals surface area contributed by atoms with Gasteiger partial charge in [0, 0.05) is 23.2 Å². The Morgan fingerprint density at radius 3 is 2.68 bits per heavy atom. The van der Waals surface area contributed by atoms with Crippen LogP contribution in [0.1, 0.15) is 32.8 Å². The van der Waals surface area contributed by atoms with Gasteiger partial charge in [-0.15, -0.1) is 11.3 Å². The molecule has 0 radical (unpaired) electrons. The highest BCUT2D eigenvalue weighted by molar-refractivity contribution is 7.20. The van der Waals surface area contributed by atoms with Crippen LogP contribution in [0.3, 0.4) is 0 Å². The molecule has 0 spiro atoms. The largest absolute Gasteiger partial charge is 0.365 e. The summed E-state index contributed by atoms with van der Waals surface area (Å²) in [5, 5.41) is 4.59. The quantitative estimate of drug-likeness (QED) is 0.676. The fourth-order valence-corrected chi connectivity index (χ4v) is 4.55. The Morgan fingerprint density at radius 1 is 1.20 bits per heavy atom. The first kappa shape index (κ1) is 15.8. The van der Waals surface area contributed by atoms with Gasteiger partial charge >= 0.3 is 0 Å². The Labute approximate surface area is 151 Å². The third-order valence-electron chi connectivity index (χ3n) is 4.63. The Hall–Kier alpha value is -2.71. The molecule has 3 heterocycles. The van der Waals surface area contributed by atoms with E-state index in [4.69, 9.17) is 6.57 Å². The number of rotatable bonds is 2. The lowest BCUT2D eigenvalue weighted by atomic mass is 10.1. The van der Waals surface area contributed by atoms with Crippen molar-refractivity contribution in [1.29, 1.82) is 0 Å². The first-order valence-corrected chi connectivity index (χ1v) is 9.04. The molecule has 1 aliphatic heterocycles. The number of nitrogens with one attached hydrogen (secondary N) is 1. The number of nitrogens with zero attached hydrogens (tertiary/aromatic N) is 3. The molecular formula is C20H18N4S. The molecule has 2 aromatic heterocycles. The van der Waals surface area contributed by atoms with Crippen LogP contribution in [0.2, 0.25) is 0 Å². The van der Waals surface area contributed by atoms with Crippen molar-refractivity contribution < 1.29 is 0 Å². The standard InChI is InChI=1S/C20H18N4S/c1-11-5-7-14(8-6-11)9-22-19-18-15(10-23-19)16-12(2)17(21-4)13(3)24-20(16)25-18/h5-8H,9-10H2,1-3H3,(H,22,23). The number of hydrogen-bond donors (Lipinski definition) is 1. The lowest BCUT2D eigenvalue weighted by Gasteiger charge is -2.06. The second-order valence-electron chi connectivity index (χ2n) is 6.38. The minimum Gasteiger partial charge on any atom is -0.365 e. The maximum Gasteiger partial charge on any atom is 0.211 e. The van der Waals surface area contributed by atoms with Crippen molar-refractivity contribution in [2.75, 3.05) is 0 Å². The Bertz CT molecular complexity index is 1050. The van der Waals surface area contributed by atoms with E-state index in [1.807, 2.05) is 13.8 Å². The van der Waals surface area contributed by atoms with E-state index in [2.05, 4.69) is 51.3 Å². The summed E-state index contributed by atoms with van der Waals surface area (Å²) in [4.78, 5) is 15.2. The van der Waals surface area contributed by atoms with Crippen LogP contribution in [0.25, 0.3) is 15.1 Å². The van der Waals surface area contributed by atoms with E-state index in [-0.39, 0.29) is 0 Å². The summed E-state index contributed by atoms with van der Waals surface area (Å²) >= 11 is 1.67. The van der Waals surface area contributed by atoms with Gasteiger partial charge in [0.25, 0.3) is 0 Å². The average Bonchev–Trinajstić information content (AvgIpc) is 3.13. The highest BCUT2D eigenvalue weighted by Gasteiger charge is 2.25. The average molecular weight is 346 g/mol. The molecule has 0 saturated heterocycles. The molecule has 0 saturated carbocycles. The number of aryl methyl sites for hydroxylation is 3. The number of aromatic nitrogens is 1. The Kier molecular flexibility index (Phi) is 3.78. The number of fused-ring (bicyclic) bond motifs is 3. The number of pyridine rings is 1. The Balaban J connectivity index is 1.67. The van der Waals surface area contributed by atoms with Crippen molar-refractivity contribution in [1.82, 2.24) is 10.3 Å². The number of amidine groups is 1. The van der Waals surface area contributed by atoms with Gasteiger partial charge in [-0.05, 0) is 31.9 Å². The van der Waals surface area contributed by atoms with Gasteiger partial charge in [0.05, 0.1) is 18.0 Å². The zero-order valence-corrected chi connectivity index (χ0v) is 15.3. The third kappa shape index (κ3) is 2.59. The monoisotopic (exact) mass is 346 g/mol. The normalized spacial score (nSPS) is 12.8. The molecule has 25 heavy (non-hydrogen) atoms. The van der Waals surface area contributed by atoms with Crippen molar-refractivity contribution >= 4 is 33.1 Å². The maximum absolute atomic E-state index is 7.41. The van der Waals surface area contributed by atoms with Crippen LogP contribution in [-0.2, 0) is 13.1 Å². The van der Waals surface area contributed by atoms with Gasteiger partial charge in [0.15, 0.2) is 0 Å². The van der Waals surface area contributed by atoms with Crippen molar-refractivity contribution in [2.24, 2.45) is 4.99 Å². The van der Waals surface area contributed by atoms with Gasteiger partial charge in [-0.1, -0.05) is 29.8 Å². The SMILES string of the molecule is [C-]#[N+]c1c(C)nc2sc3c(c2c1C)CN=C3NCc1ccc(C)cc1. The van der Waals surface area contributed by atoms with E-state index in [9.17, 15) is 0 Å². The second-order valence-corrected chi connectivity index (χ2v) is 7.38. The van der Waals surface area contributed by atoms with Crippen molar-refractivity contribution in [3.8, 4) is 0 Å². The second kappa shape index (κ2) is 5.98. The number of hydrogen-bond acceptors (Lipinski definition) is 4. The van der Waals surface area contributed by atoms with E-state index in [0.29, 0.717) is 12.2 Å². The van der Waals surface area contributed by atoms with Gasteiger partial charge in [0.2, 0.25) is 5.69 Å². The van der Waals surface area contributed by atoms with E-state index in [1.54, 1.807) is 11.3 Å². The summed E-state index contributed by atoms with van der Waals surface area (Å²) in [6, 6.07) is 8.53. The highest BCUT2D eigenvalue weighted by Crippen LogP contribution is 2.40. The summed E-state index contributed by atoms with van der Waals surface area (Å²) in [5.74, 6) is 0.944. The summed E-state index contributed by atoms with van der Waals surface area (Å²) < 4.78 is 0. The molecule has 3 aromatic rings. The molecular weight excluding hydrogens is 328 g/mol. The topological polar surface area (TPSA) is 41.6 Å². The molecule has 0 unspecified atom stereocenters. The fraction of sp³-hybridized carbons (Fsp3) is 0.250. The van der Waals surface area contributed by atoms with E-state index >= 15 is 0 Å². The highest BCUT2D eigenvalue weighted by atomic mass is 32.1. The van der Waals surface area contributed by atoms with E-state index < -0.39 is 0 Å². The molecule has 4 nitrogen and oxygen atoms in total. The van der Waals surface area contributed by atoms with Crippen molar-refractivity contribution in [3.05, 3.63) is 68.5 Å². The molecule has 4 rings (SSSR count). The lowest BCUT2D eigenvalue weighted by molar-refractivity contribution is 0.911. The summed E-state index contributed by atoms with van der Waals surface area (Å²) in [5.41, 5.74) is 6.23. The molecule has 1 aromatic carbocycles. The van der Waals surface area contributed by atoms with Crippen LogP contribution in [0.4, 0.5) is 5.69 Å². The minimum atomic E-state index is 0.661. The smallest absolute Gasteiger partial charge is 0.211 e. The zero-order valence-electron chi connectivity index (χ0n) is 14.5. The summed E-state index contributed by atoms with van der Waals surface area (Å²) in [6.45, 7) is 14.9. The van der Waals surface area contributed by atoms with Crippen molar-refractivity contribution in [2.45, 2.75) is 33.9 Å². The van der Waals surface area contributed by atoms with E-state index in [1.165, 1.54) is 21.6 Å². The molecule has 0 fully saturated rings. The minimum absolute atomic E-state index is 0.661. The molecule has 0 atom stereocenters. The first-order chi connectivity index (χ1) is 12.1. The fourth-order valence-electron chi connectivity index (χ4n) is 3.28. The molecule has 0 aliphatic carbocycles. The maximum atomic E-state index is 7.41. The van der Waals surface area contributed by atoms with Crippen LogP contribution in [-0.4, -0.2) is 10.8 Å². The molecule has 124 valence electrons. The number of thiophene rings is 1. The van der Waals surface area contributed by atoms with Gasteiger partial charge in [-0.2, -0.15) is 0 Å². The molecule has 0 bridgehead atoms. The first-order valence-electron chi connectivity index (χ1n) is 8.22. The number of benzene rings is 1. The third-order valence-corrected chi connectivity index (χ3v) is 5.77. The molecule has 1 aliphatic rings. The predicted molar refractivity (Wildman–Crippen MR) is 104 cm³/mol. The van der Waals surface area contributed by atoms with Crippen LogP contribution in [0.5, 0.6) is 0 Å². The van der Waals surface area contributed by atoms with Crippen LogP contribution >= 0.6 is 11.3 Å². The summed E-state index contributed by atoms with van der Waals surface area (Å²) in [6.07, 6.45) is 0. The number of aliphatic imine (C=N–C) groups is 1. The van der Waals surface area contributed by atoms with Crippen LogP contribution < -0.4 is 5.32 Å². The lowest BCUT2D eigenvalue weighted by Crippen LogP contribution is -2.21. The van der Waals surface area contributed by atoms with Gasteiger partial charge < -0.3 is 5.32 Å². The van der Waals surface area contributed by atoms with Crippen molar-refractivity contribution in [3.63, 3.8) is 0 Å². The van der Waals surface area contributed by atoms with E-state index in [0.717, 1.165) is 33.9 Å². The molecule has 5 heteroatoms. The molecule has 0 amide bonds. The van der Waals surface area contributed by atoms with Crippen LogP contribution in [0.15, 0.2) is 29.3 Å².